The Kier molecular flexibility index (Phi) is 4.51. The van der Waals surface area contributed by atoms with Crippen LogP contribution < -0.4 is 23.7 Å². The van der Waals surface area contributed by atoms with Crippen molar-refractivity contribution in [1.82, 2.24) is 0 Å². The van der Waals surface area contributed by atoms with Gasteiger partial charge >= 0.3 is 0 Å². The summed E-state index contributed by atoms with van der Waals surface area (Å²) < 4.78 is 26.9. The highest BCUT2D eigenvalue weighted by Crippen LogP contribution is 2.39. The van der Waals surface area contributed by atoms with E-state index < -0.39 is 0 Å². The number of hydrogen-bond donors (Lipinski definition) is 0. The van der Waals surface area contributed by atoms with Crippen LogP contribution in [-0.2, 0) is 0 Å². The van der Waals surface area contributed by atoms with Crippen molar-refractivity contribution in [3.05, 3.63) is 41.5 Å². The van der Waals surface area contributed by atoms with Crippen molar-refractivity contribution in [2.45, 2.75) is 6.92 Å². The van der Waals surface area contributed by atoms with Gasteiger partial charge in [0.15, 0.2) is 23.0 Å². The minimum absolute atomic E-state index is 0.272. The molecule has 126 valence electrons. The van der Waals surface area contributed by atoms with E-state index in [9.17, 15) is 0 Å². The molecule has 1 heterocycles. The third-order valence-electron chi connectivity index (χ3n) is 3.90. The first-order valence-electron chi connectivity index (χ1n) is 7.54. The lowest BCUT2D eigenvalue weighted by Crippen LogP contribution is -1.95. The van der Waals surface area contributed by atoms with Gasteiger partial charge in [0.1, 0.15) is 0 Å². The normalized spacial score (nSPS) is 12.9. The minimum atomic E-state index is 0.272. The average molecular weight is 328 g/mol. The van der Waals surface area contributed by atoms with Gasteiger partial charge in [0, 0.05) is 0 Å². The molecule has 3 rings (SSSR count). The predicted molar refractivity (Wildman–Crippen MR) is 92.2 cm³/mol. The number of allylic oxidation sites excluding steroid dienone is 1. The summed E-state index contributed by atoms with van der Waals surface area (Å²) in [4.78, 5) is 0. The van der Waals surface area contributed by atoms with Crippen LogP contribution in [-0.4, -0.2) is 28.1 Å². The van der Waals surface area contributed by atoms with Crippen molar-refractivity contribution in [2.75, 3.05) is 28.1 Å². The smallest absolute Gasteiger partial charge is 0.231 e. The first-order valence-corrected chi connectivity index (χ1v) is 7.54. The Hall–Kier alpha value is -2.82. The van der Waals surface area contributed by atoms with Crippen LogP contribution in [0.4, 0.5) is 0 Å². The van der Waals surface area contributed by atoms with Gasteiger partial charge < -0.3 is 23.7 Å². The summed E-state index contributed by atoms with van der Waals surface area (Å²) in [7, 11) is 4.80. The Bertz CT molecular complexity index is 754. The second kappa shape index (κ2) is 6.74. The quantitative estimate of drug-likeness (QED) is 0.776. The summed E-state index contributed by atoms with van der Waals surface area (Å²) in [6, 6.07) is 9.74. The fraction of sp³-hybridized carbons (Fsp3) is 0.263. The van der Waals surface area contributed by atoms with E-state index in [-0.39, 0.29) is 6.79 Å². The molecule has 2 aromatic carbocycles. The highest BCUT2D eigenvalue weighted by Gasteiger charge is 2.15. The summed E-state index contributed by atoms with van der Waals surface area (Å²) in [5, 5.41) is 0. The molecule has 0 saturated carbocycles. The lowest BCUT2D eigenvalue weighted by atomic mass is 10.0. The van der Waals surface area contributed by atoms with E-state index in [1.54, 1.807) is 21.3 Å². The fourth-order valence-corrected chi connectivity index (χ4v) is 2.66. The van der Waals surface area contributed by atoms with Gasteiger partial charge in [-0.3, -0.25) is 0 Å². The zero-order chi connectivity index (χ0) is 17.1. The molecule has 0 bridgehead atoms. The maximum Gasteiger partial charge on any atom is 0.231 e. The average Bonchev–Trinajstić information content (AvgIpc) is 3.08. The van der Waals surface area contributed by atoms with Crippen molar-refractivity contribution >= 4 is 11.6 Å². The van der Waals surface area contributed by atoms with E-state index in [1.165, 1.54) is 0 Å². The Balaban J connectivity index is 1.98. The number of rotatable bonds is 5. The van der Waals surface area contributed by atoms with Crippen LogP contribution in [0.25, 0.3) is 11.6 Å². The molecule has 2 aromatic rings. The van der Waals surface area contributed by atoms with Gasteiger partial charge in [-0.15, -0.1) is 0 Å². The molecule has 1 aliphatic heterocycles. The molecule has 0 amide bonds. The zero-order valence-corrected chi connectivity index (χ0v) is 14.2. The van der Waals surface area contributed by atoms with Crippen LogP contribution in [0.15, 0.2) is 30.3 Å². The first-order chi connectivity index (χ1) is 11.7. The molecule has 0 N–H and O–H groups in total. The maximum absolute atomic E-state index is 5.44. The molecule has 0 unspecified atom stereocenters. The standard InChI is InChI=1S/C19H20O5/c1-12(14-5-6-15-16(10-14)24-11-23-15)7-13-8-17(20-2)19(22-4)18(9-13)21-3/h5-10H,11H2,1-4H3/b12-7+. The van der Waals surface area contributed by atoms with Gasteiger partial charge in [-0.05, 0) is 47.9 Å². The van der Waals surface area contributed by atoms with E-state index in [0.717, 1.165) is 28.2 Å². The zero-order valence-electron chi connectivity index (χ0n) is 14.2. The largest absolute Gasteiger partial charge is 0.493 e. The Morgan fingerprint density at radius 1 is 0.917 bits per heavy atom. The van der Waals surface area contributed by atoms with Crippen LogP contribution in [0.1, 0.15) is 18.1 Å². The summed E-state index contributed by atoms with van der Waals surface area (Å²) in [6.45, 7) is 2.31. The molecule has 1 aliphatic rings. The Labute approximate surface area is 141 Å². The number of fused-ring (bicyclic) bond motifs is 1. The van der Waals surface area contributed by atoms with Crippen molar-refractivity contribution < 1.29 is 23.7 Å². The van der Waals surface area contributed by atoms with E-state index in [1.807, 2.05) is 37.3 Å². The Morgan fingerprint density at radius 2 is 1.58 bits per heavy atom. The highest BCUT2D eigenvalue weighted by molar-refractivity contribution is 5.82. The van der Waals surface area contributed by atoms with Crippen LogP contribution in [0.3, 0.4) is 0 Å². The summed E-state index contributed by atoms with van der Waals surface area (Å²) in [6.07, 6.45) is 2.06. The van der Waals surface area contributed by atoms with E-state index >= 15 is 0 Å². The van der Waals surface area contributed by atoms with Crippen LogP contribution >= 0.6 is 0 Å². The molecule has 0 aromatic heterocycles. The molecular weight excluding hydrogens is 308 g/mol. The van der Waals surface area contributed by atoms with Gasteiger partial charge in [0.2, 0.25) is 12.5 Å². The second-order valence-electron chi connectivity index (χ2n) is 5.35. The molecule has 24 heavy (non-hydrogen) atoms. The van der Waals surface area contributed by atoms with Gasteiger partial charge in [-0.2, -0.15) is 0 Å². The summed E-state index contributed by atoms with van der Waals surface area (Å²) in [5.41, 5.74) is 3.11. The fourth-order valence-electron chi connectivity index (χ4n) is 2.66. The van der Waals surface area contributed by atoms with Crippen LogP contribution in [0, 0.1) is 0 Å². The van der Waals surface area contributed by atoms with E-state index in [4.69, 9.17) is 23.7 Å². The highest BCUT2D eigenvalue weighted by atomic mass is 16.7. The lowest BCUT2D eigenvalue weighted by molar-refractivity contribution is 0.174. The third kappa shape index (κ3) is 2.97. The molecule has 0 fully saturated rings. The SMILES string of the molecule is COc1cc(/C=C(\C)c2ccc3c(c2)OCO3)cc(OC)c1OC. The van der Waals surface area contributed by atoms with Gasteiger partial charge in [0.05, 0.1) is 21.3 Å². The lowest BCUT2D eigenvalue weighted by Gasteiger charge is -2.13. The van der Waals surface area contributed by atoms with Gasteiger partial charge in [-0.1, -0.05) is 12.1 Å². The number of ether oxygens (including phenoxy) is 5. The molecule has 0 spiro atoms. The van der Waals surface area contributed by atoms with Crippen LogP contribution in [0.5, 0.6) is 28.7 Å². The number of benzene rings is 2. The molecule has 0 aliphatic carbocycles. The molecule has 5 nitrogen and oxygen atoms in total. The topological polar surface area (TPSA) is 46.2 Å². The molecule has 5 heteroatoms. The third-order valence-corrected chi connectivity index (χ3v) is 3.90. The first kappa shape index (κ1) is 16.1. The number of methoxy groups -OCH3 is 3. The monoisotopic (exact) mass is 328 g/mol. The minimum Gasteiger partial charge on any atom is -0.493 e. The van der Waals surface area contributed by atoms with Crippen LogP contribution in [0.2, 0.25) is 0 Å². The van der Waals surface area contributed by atoms with E-state index in [2.05, 4.69) is 6.08 Å². The van der Waals surface area contributed by atoms with Crippen molar-refractivity contribution in [1.29, 1.82) is 0 Å². The second-order valence-corrected chi connectivity index (χ2v) is 5.35. The van der Waals surface area contributed by atoms with Crippen molar-refractivity contribution in [3.8, 4) is 28.7 Å². The molecule has 0 radical (unpaired) electrons. The number of hydrogen-bond acceptors (Lipinski definition) is 5. The van der Waals surface area contributed by atoms with E-state index in [0.29, 0.717) is 17.2 Å². The molecular formula is C19H20O5. The van der Waals surface area contributed by atoms with Crippen molar-refractivity contribution in [2.24, 2.45) is 0 Å². The summed E-state index contributed by atoms with van der Waals surface area (Å²) in [5.74, 6) is 3.38. The predicted octanol–water partition coefficient (Wildman–Crippen LogP) is 4.00. The Morgan fingerprint density at radius 3 is 2.21 bits per heavy atom. The van der Waals surface area contributed by atoms with Crippen molar-refractivity contribution in [3.63, 3.8) is 0 Å². The molecule has 0 atom stereocenters. The maximum atomic E-state index is 5.44. The summed E-state index contributed by atoms with van der Waals surface area (Å²) >= 11 is 0. The van der Waals surface area contributed by atoms with Gasteiger partial charge in [-0.25, -0.2) is 0 Å². The van der Waals surface area contributed by atoms with Gasteiger partial charge in [0.25, 0.3) is 0 Å². The molecule has 0 saturated heterocycles.